The highest BCUT2D eigenvalue weighted by Crippen LogP contribution is 2.26. The Morgan fingerprint density at radius 1 is 1.04 bits per heavy atom. The second kappa shape index (κ2) is 12.6. The van der Waals surface area contributed by atoms with Crippen LogP contribution >= 0.6 is 0 Å². The fourth-order valence-electron chi connectivity index (χ4n) is 3.02. The van der Waals surface area contributed by atoms with Crippen LogP contribution in [0.3, 0.4) is 0 Å². The number of hydrogen-bond acceptors (Lipinski definition) is 4. The van der Waals surface area contributed by atoms with E-state index >= 15 is 0 Å². The first kappa shape index (κ1) is 21.5. The minimum absolute atomic E-state index is 0.0860. The average Bonchev–Trinajstić information content (AvgIpc) is 3.49. The van der Waals surface area contributed by atoms with Crippen LogP contribution in [0.5, 0.6) is 11.5 Å². The van der Waals surface area contributed by atoms with Crippen LogP contribution in [0.2, 0.25) is 0 Å². The van der Waals surface area contributed by atoms with Gasteiger partial charge in [-0.25, -0.2) is 4.79 Å². The second-order valence-electron chi connectivity index (χ2n) is 7.26. The van der Waals surface area contributed by atoms with Gasteiger partial charge < -0.3 is 19.3 Å². The molecule has 1 heterocycles. The summed E-state index contributed by atoms with van der Waals surface area (Å²) in [6.07, 6.45) is 13.0. The van der Waals surface area contributed by atoms with E-state index in [9.17, 15) is 9.90 Å². The van der Waals surface area contributed by atoms with Crippen molar-refractivity contribution in [1.29, 1.82) is 0 Å². The van der Waals surface area contributed by atoms with Crippen molar-refractivity contribution in [2.75, 3.05) is 19.8 Å². The van der Waals surface area contributed by atoms with E-state index < -0.39 is 5.97 Å². The predicted molar refractivity (Wildman–Crippen MR) is 106 cm³/mol. The van der Waals surface area contributed by atoms with Crippen molar-refractivity contribution in [3.8, 4) is 11.5 Å². The minimum Gasteiger partial charge on any atom is -0.493 e. The molecular weight excluding hydrogens is 344 g/mol. The van der Waals surface area contributed by atoms with Gasteiger partial charge in [-0.2, -0.15) is 0 Å². The molecule has 1 saturated heterocycles. The summed E-state index contributed by atoms with van der Waals surface area (Å²) in [4.78, 5) is 11.3. The van der Waals surface area contributed by atoms with Crippen molar-refractivity contribution in [1.82, 2.24) is 0 Å². The Kier molecular flexibility index (Phi) is 10.1. The highest BCUT2D eigenvalue weighted by atomic mass is 16.6. The van der Waals surface area contributed by atoms with Crippen molar-refractivity contribution in [3.63, 3.8) is 0 Å². The van der Waals surface area contributed by atoms with Gasteiger partial charge in [0, 0.05) is 6.07 Å². The summed E-state index contributed by atoms with van der Waals surface area (Å²) < 4.78 is 16.5. The molecule has 152 valence electrons. The smallest absolute Gasteiger partial charge is 0.339 e. The molecule has 1 unspecified atom stereocenters. The average molecular weight is 379 g/mol. The van der Waals surface area contributed by atoms with E-state index in [1.165, 1.54) is 57.8 Å². The van der Waals surface area contributed by atoms with Crippen LogP contribution in [0.15, 0.2) is 18.2 Å². The zero-order valence-electron chi connectivity index (χ0n) is 16.6. The summed E-state index contributed by atoms with van der Waals surface area (Å²) in [6.45, 7) is 3.95. The van der Waals surface area contributed by atoms with Crippen LogP contribution in [0.25, 0.3) is 0 Å². The Morgan fingerprint density at radius 2 is 1.67 bits per heavy atom. The van der Waals surface area contributed by atoms with Gasteiger partial charge in [0.15, 0.2) is 0 Å². The van der Waals surface area contributed by atoms with Crippen LogP contribution in [0.4, 0.5) is 0 Å². The lowest BCUT2D eigenvalue weighted by atomic mass is 10.1. The zero-order chi connectivity index (χ0) is 19.3. The highest BCUT2D eigenvalue weighted by molar-refractivity contribution is 5.91. The zero-order valence-corrected chi connectivity index (χ0v) is 16.6. The Morgan fingerprint density at radius 3 is 2.26 bits per heavy atom. The molecule has 27 heavy (non-hydrogen) atoms. The van der Waals surface area contributed by atoms with Crippen LogP contribution in [0, 0.1) is 0 Å². The molecule has 1 atom stereocenters. The Bertz CT molecular complexity index is 554. The highest BCUT2D eigenvalue weighted by Gasteiger charge is 2.24. The largest absolute Gasteiger partial charge is 0.493 e. The van der Waals surface area contributed by atoms with Gasteiger partial charge in [0.25, 0.3) is 0 Å². The maximum atomic E-state index is 11.3. The van der Waals surface area contributed by atoms with Crippen molar-refractivity contribution in [2.45, 2.75) is 77.2 Å². The van der Waals surface area contributed by atoms with Gasteiger partial charge in [0.2, 0.25) is 0 Å². The monoisotopic (exact) mass is 378 g/mol. The van der Waals surface area contributed by atoms with Gasteiger partial charge >= 0.3 is 5.97 Å². The van der Waals surface area contributed by atoms with Crippen molar-refractivity contribution in [2.24, 2.45) is 0 Å². The molecule has 0 amide bonds. The summed E-state index contributed by atoms with van der Waals surface area (Å²) in [5.41, 5.74) is 0.155. The van der Waals surface area contributed by atoms with Gasteiger partial charge in [-0.15, -0.1) is 0 Å². The number of aromatic carboxylic acids is 1. The lowest BCUT2D eigenvalue weighted by molar-refractivity contribution is 0.0691. The maximum Gasteiger partial charge on any atom is 0.339 e. The van der Waals surface area contributed by atoms with Crippen LogP contribution in [-0.2, 0) is 4.74 Å². The summed E-state index contributed by atoms with van der Waals surface area (Å²) >= 11 is 0. The number of benzene rings is 1. The predicted octanol–water partition coefficient (Wildman–Crippen LogP) is 5.46. The molecule has 5 heteroatoms. The van der Waals surface area contributed by atoms with Crippen LogP contribution in [0.1, 0.15) is 81.5 Å². The first-order valence-corrected chi connectivity index (χ1v) is 10.4. The van der Waals surface area contributed by atoms with E-state index in [1.54, 1.807) is 18.2 Å². The third-order valence-corrected chi connectivity index (χ3v) is 4.78. The SMILES string of the molecule is CCCCCCCCCCCCOc1ccc(C(=O)O)c(OCC2CO2)c1. The summed E-state index contributed by atoms with van der Waals surface area (Å²) in [6, 6.07) is 4.90. The molecule has 0 saturated carbocycles. The van der Waals surface area contributed by atoms with E-state index in [1.807, 2.05) is 0 Å². The fraction of sp³-hybridized carbons (Fsp3) is 0.682. The van der Waals surface area contributed by atoms with Crippen molar-refractivity contribution < 1.29 is 24.1 Å². The number of hydrogen-bond donors (Lipinski definition) is 1. The number of ether oxygens (including phenoxy) is 3. The molecule has 0 spiro atoms. The van der Waals surface area contributed by atoms with Gasteiger partial charge in [-0.3, -0.25) is 0 Å². The minimum atomic E-state index is -0.997. The third kappa shape index (κ3) is 9.14. The molecule has 0 radical (unpaired) electrons. The third-order valence-electron chi connectivity index (χ3n) is 4.78. The molecule has 0 bridgehead atoms. The summed E-state index contributed by atoms with van der Waals surface area (Å²) in [7, 11) is 0. The van der Waals surface area contributed by atoms with E-state index in [0.717, 1.165) is 6.42 Å². The number of rotatable bonds is 16. The van der Waals surface area contributed by atoms with E-state index in [4.69, 9.17) is 14.2 Å². The maximum absolute atomic E-state index is 11.3. The van der Waals surface area contributed by atoms with Gasteiger partial charge in [0.05, 0.1) is 13.2 Å². The standard InChI is InChI=1S/C22H34O5/c1-2-3-4-5-6-7-8-9-10-11-14-25-18-12-13-20(22(23)24)21(15-18)27-17-19-16-26-19/h12-13,15,19H,2-11,14,16-17H2,1H3,(H,23,24). The van der Waals surface area contributed by atoms with Crippen molar-refractivity contribution in [3.05, 3.63) is 23.8 Å². The summed E-state index contributed by atoms with van der Waals surface area (Å²) in [5, 5.41) is 9.26. The van der Waals surface area contributed by atoms with E-state index in [2.05, 4.69) is 6.92 Å². The number of carboxylic acid groups (broad SMARTS) is 1. The molecule has 1 N–H and O–H groups in total. The van der Waals surface area contributed by atoms with Gasteiger partial charge in [-0.1, -0.05) is 64.7 Å². The second-order valence-corrected chi connectivity index (χ2v) is 7.26. The molecule has 1 aliphatic heterocycles. The van der Waals surface area contributed by atoms with Crippen LogP contribution < -0.4 is 9.47 Å². The van der Waals surface area contributed by atoms with Gasteiger partial charge in [0.1, 0.15) is 29.8 Å². The molecule has 1 aromatic carbocycles. The fourth-order valence-corrected chi connectivity index (χ4v) is 3.02. The first-order valence-electron chi connectivity index (χ1n) is 10.4. The lowest BCUT2D eigenvalue weighted by Gasteiger charge is -2.11. The molecule has 5 nitrogen and oxygen atoms in total. The first-order chi connectivity index (χ1) is 13.2. The van der Waals surface area contributed by atoms with E-state index in [-0.39, 0.29) is 11.7 Å². The molecule has 1 fully saturated rings. The molecule has 2 rings (SSSR count). The molecule has 1 aliphatic rings. The van der Waals surface area contributed by atoms with Crippen LogP contribution in [-0.4, -0.2) is 37.0 Å². The lowest BCUT2D eigenvalue weighted by Crippen LogP contribution is -2.09. The normalized spacial score (nSPS) is 15.5. The Labute approximate surface area is 163 Å². The van der Waals surface area contributed by atoms with Crippen molar-refractivity contribution >= 4 is 5.97 Å². The molecule has 1 aromatic rings. The Balaban J connectivity index is 1.59. The number of unbranched alkanes of at least 4 members (excludes halogenated alkanes) is 9. The number of epoxide rings is 1. The molecule has 0 aromatic heterocycles. The topological polar surface area (TPSA) is 68.3 Å². The number of carboxylic acids is 1. The summed E-state index contributed by atoms with van der Waals surface area (Å²) in [5.74, 6) is 0.00386. The Hall–Kier alpha value is -1.75. The number of carbonyl (C=O) groups is 1. The van der Waals surface area contributed by atoms with E-state index in [0.29, 0.717) is 31.3 Å². The molecule has 0 aliphatic carbocycles. The van der Waals surface area contributed by atoms with Gasteiger partial charge in [-0.05, 0) is 18.6 Å². The quantitative estimate of drug-likeness (QED) is 0.305. The molecular formula is C22H34O5.